The van der Waals surface area contributed by atoms with Gasteiger partial charge >= 0.3 is 0 Å². The smallest absolute Gasteiger partial charge is 0.240 e. The van der Waals surface area contributed by atoms with Crippen LogP contribution in [0.3, 0.4) is 0 Å². The van der Waals surface area contributed by atoms with E-state index in [9.17, 15) is 4.79 Å². The second kappa shape index (κ2) is 3.53. The van der Waals surface area contributed by atoms with Crippen LogP contribution in [0.4, 0.5) is 5.82 Å². The van der Waals surface area contributed by atoms with Crippen LogP contribution >= 0.6 is 0 Å². The van der Waals surface area contributed by atoms with Crippen molar-refractivity contribution in [2.45, 2.75) is 12.5 Å². The molecular formula is C9H9N5O. The van der Waals surface area contributed by atoms with Gasteiger partial charge in [-0.2, -0.15) is 5.26 Å². The van der Waals surface area contributed by atoms with Crippen LogP contribution in [0.2, 0.25) is 0 Å². The maximum atomic E-state index is 11.0. The molecule has 0 radical (unpaired) electrons. The van der Waals surface area contributed by atoms with Gasteiger partial charge in [-0.1, -0.05) is 0 Å². The molecule has 0 aromatic carbocycles. The van der Waals surface area contributed by atoms with Crippen molar-refractivity contribution in [2.24, 2.45) is 5.73 Å². The molecule has 1 amide bonds. The van der Waals surface area contributed by atoms with Gasteiger partial charge in [0.15, 0.2) is 5.82 Å². The van der Waals surface area contributed by atoms with Gasteiger partial charge in [0, 0.05) is 6.54 Å². The molecule has 15 heavy (non-hydrogen) atoms. The number of anilines is 1. The molecule has 2 heterocycles. The second-order valence-corrected chi connectivity index (χ2v) is 3.27. The number of rotatable bonds is 2. The van der Waals surface area contributed by atoms with E-state index in [-0.39, 0.29) is 11.9 Å². The normalized spacial score (nSPS) is 19.1. The number of carbonyl (C=O) groups excluding carboxylic acids is 1. The number of hydrogen-bond acceptors (Lipinski definition) is 5. The number of nitrogens with zero attached hydrogens (tertiary/aromatic N) is 4. The molecule has 1 aliphatic heterocycles. The maximum Gasteiger partial charge on any atom is 0.240 e. The summed E-state index contributed by atoms with van der Waals surface area (Å²) in [6.45, 7) is 0.694. The van der Waals surface area contributed by atoms with Crippen molar-refractivity contribution in [3.8, 4) is 6.07 Å². The van der Waals surface area contributed by atoms with E-state index >= 15 is 0 Å². The van der Waals surface area contributed by atoms with Crippen LogP contribution in [0.5, 0.6) is 0 Å². The largest absolute Gasteiger partial charge is 0.368 e. The molecule has 0 spiro atoms. The van der Waals surface area contributed by atoms with E-state index in [4.69, 9.17) is 11.0 Å². The lowest BCUT2D eigenvalue weighted by Crippen LogP contribution is -2.55. The van der Waals surface area contributed by atoms with Gasteiger partial charge in [-0.25, -0.2) is 9.97 Å². The summed E-state index contributed by atoms with van der Waals surface area (Å²) >= 11 is 0. The van der Waals surface area contributed by atoms with Crippen LogP contribution in [-0.4, -0.2) is 28.5 Å². The van der Waals surface area contributed by atoms with Gasteiger partial charge in [0.05, 0.1) is 6.20 Å². The van der Waals surface area contributed by atoms with Crippen molar-refractivity contribution < 1.29 is 4.79 Å². The monoisotopic (exact) mass is 203 g/mol. The van der Waals surface area contributed by atoms with Gasteiger partial charge in [-0.3, -0.25) is 4.79 Å². The van der Waals surface area contributed by atoms with E-state index in [1.165, 1.54) is 12.5 Å². The van der Waals surface area contributed by atoms with Gasteiger partial charge < -0.3 is 10.6 Å². The minimum Gasteiger partial charge on any atom is -0.368 e. The quantitative estimate of drug-likeness (QED) is 0.693. The summed E-state index contributed by atoms with van der Waals surface area (Å²) in [5.74, 6) is 0.103. The van der Waals surface area contributed by atoms with Gasteiger partial charge in [-0.15, -0.1) is 0 Å². The fraction of sp³-hybridized carbons (Fsp3) is 0.333. The molecule has 76 valence electrons. The van der Waals surface area contributed by atoms with Crippen LogP contribution in [0.15, 0.2) is 12.5 Å². The van der Waals surface area contributed by atoms with Gasteiger partial charge in [0.2, 0.25) is 5.91 Å². The fourth-order valence-electron chi connectivity index (χ4n) is 1.57. The third-order valence-corrected chi connectivity index (χ3v) is 2.43. The van der Waals surface area contributed by atoms with E-state index in [1.54, 1.807) is 4.90 Å². The zero-order chi connectivity index (χ0) is 10.8. The van der Waals surface area contributed by atoms with Crippen molar-refractivity contribution in [1.82, 2.24) is 9.97 Å². The average Bonchev–Trinajstić information content (AvgIpc) is 2.16. The Balaban J connectivity index is 2.31. The molecule has 0 bridgehead atoms. The fourth-order valence-corrected chi connectivity index (χ4v) is 1.57. The summed E-state index contributed by atoms with van der Waals surface area (Å²) in [6, 6.07) is 1.64. The van der Waals surface area contributed by atoms with Crippen LogP contribution in [-0.2, 0) is 4.79 Å². The van der Waals surface area contributed by atoms with Crippen molar-refractivity contribution in [3.63, 3.8) is 0 Å². The maximum absolute atomic E-state index is 11.0. The molecule has 1 aromatic rings. The molecule has 1 fully saturated rings. The van der Waals surface area contributed by atoms with Crippen LogP contribution in [0, 0.1) is 11.3 Å². The second-order valence-electron chi connectivity index (χ2n) is 3.27. The standard InChI is InChI=1S/C9H9N5O/c10-3-6-4-12-5-13-9(6)14-2-1-7(14)8(11)15/h4-5,7H,1-2H2,(H2,11,15). The van der Waals surface area contributed by atoms with Crippen LogP contribution in [0.25, 0.3) is 0 Å². The first-order valence-electron chi connectivity index (χ1n) is 4.50. The zero-order valence-corrected chi connectivity index (χ0v) is 7.92. The molecule has 2 N–H and O–H groups in total. The Kier molecular flexibility index (Phi) is 2.21. The first kappa shape index (κ1) is 9.40. The molecule has 0 saturated carbocycles. The first-order valence-corrected chi connectivity index (χ1v) is 4.50. The predicted octanol–water partition coefficient (Wildman–Crippen LogP) is -0.588. The van der Waals surface area contributed by atoms with Crippen molar-refractivity contribution in [3.05, 3.63) is 18.1 Å². The molecule has 1 aromatic heterocycles. The van der Waals surface area contributed by atoms with Crippen LogP contribution < -0.4 is 10.6 Å². The highest BCUT2D eigenvalue weighted by Crippen LogP contribution is 2.26. The molecule has 1 saturated heterocycles. The Morgan fingerprint density at radius 3 is 3.07 bits per heavy atom. The van der Waals surface area contributed by atoms with Gasteiger partial charge in [0.1, 0.15) is 24.0 Å². The average molecular weight is 203 g/mol. The summed E-state index contributed by atoms with van der Waals surface area (Å²) in [5.41, 5.74) is 5.57. The number of nitrogens with two attached hydrogens (primary N) is 1. The van der Waals surface area contributed by atoms with E-state index in [0.29, 0.717) is 24.3 Å². The lowest BCUT2D eigenvalue weighted by Gasteiger charge is -2.39. The highest BCUT2D eigenvalue weighted by Gasteiger charge is 2.34. The zero-order valence-electron chi connectivity index (χ0n) is 7.92. The molecule has 6 heteroatoms. The number of hydrogen-bond donors (Lipinski definition) is 1. The van der Waals surface area contributed by atoms with Crippen molar-refractivity contribution in [2.75, 3.05) is 11.4 Å². The Morgan fingerprint density at radius 1 is 1.73 bits per heavy atom. The van der Waals surface area contributed by atoms with E-state index in [2.05, 4.69) is 9.97 Å². The summed E-state index contributed by atoms with van der Waals surface area (Å²) < 4.78 is 0. The number of primary amides is 1. The Bertz CT molecular complexity index is 438. The first-order chi connectivity index (χ1) is 7.24. The number of amides is 1. The minimum absolute atomic E-state index is 0.341. The minimum atomic E-state index is -0.385. The molecular weight excluding hydrogens is 194 g/mol. The third kappa shape index (κ3) is 1.48. The SMILES string of the molecule is N#Cc1cncnc1N1CCC1C(N)=O. The third-order valence-electron chi connectivity index (χ3n) is 2.43. The summed E-state index contributed by atoms with van der Waals surface area (Å²) in [4.78, 5) is 20.5. The van der Waals surface area contributed by atoms with Gasteiger partial charge in [-0.05, 0) is 6.42 Å². The Hall–Kier alpha value is -2.16. The van der Waals surface area contributed by atoms with E-state index in [1.807, 2.05) is 6.07 Å². The lowest BCUT2D eigenvalue weighted by atomic mass is 10.0. The summed E-state index contributed by atoms with van der Waals surface area (Å²) in [7, 11) is 0. The van der Waals surface area contributed by atoms with E-state index < -0.39 is 0 Å². The molecule has 0 aliphatic carbocycles. The van der Waals surface area contributed by atoms with Crippen LogP contribution in [0.1, 0.15) is 12.0 Å². The lowest BCUT2D eigenvalue weighted by molar-refractivity contribution is -0.120. The Morgan fingerprint density at radius 2 is 2.53 bits per heavy atom. The number of carbonyl (C=O) groups is 1. The van der Waals surface area contributed by atoms with Gasteiger partial charge in [0.25, 0.3) is 0 Å². The number of aromatic nitrogens is 2. The van der Waals surface area contributed by atoms with E-state index in [0.717, 1.165) is 0 Å². The topological polar surface area (TPSA) is 95.9 Å². The predicted molar refractivity (Wildman–Crippen MR) is 51.7 cm³/mol. The molecule has 1 aliphatic rings. The Labute approximate surface area is 86.3 Å². The highest BCUT2D eigenvalue weighted by molar-refractivity contribution is 5.85. The summed E-state index contributed by atoms with van der Waals surface area (Å²) in [5, 5.41) is 8.84. The van der Waals surface area contributed by atoms with Crippen molar-refractivity contribution in [1.29, 1.82) is 5.26 Å². The highest BCUT2D eigenvalue weighted by atomic mass is 16.1. The molecule has 1 atom stereocenters. The number of nitriles is 1. The molecule has 6 nitrogen and oxygen atoms in total. The molecule has 2 rings (SSSR count). The molecule has 1 unspecified atom stereocenters. The summed E-state index contributed by atoms with van der Waals surface area (Å²) in [6.07, 6.45) is 3.50. The van der Waals surface area contributed by atoms with Crippen molar-refractivity contribution >= 4 is 11.7 Å².